The number of hydrogen-bond donors (Lipinski definition) is 1. The Balaban J connectivity index is 1.70. The van der Waals surface area contributed by atoms with Gasteiger partial charge >= 0.3 is 0 Å². The summed E-state index contributed by atoms with van der Waals surface area (Å²) < 4.78 is 50.8. The number of halogens is 2. The number of piperazine rings is 1. The Morgan fingerprint density at radius 3 is 2.45 bits per heavy atom. The van der Waals surface area contributed by atoms with Gasteiger partial charge in [-0.25, -0.2) is 12.8 Å². The average Bonchev–Trinajstić information content (AvgIpc) is 2.78. The van der Waals surface area contributed by atoms with Gasteiger partial charge in [0.05, 0.1) is 23.6 Å². The fourth-order valence-corrected chi connectivity index (χ4v) is 4.87. The van der Waals surface area contributed by atoms with Crippen LogP contribution in [-0.4, -0.2) is 75.1 Å². The number of benzene rings is 2. The third-order valence-electron chi connectivity index (χ3n) is 4.81. The second-order valence-corrected chi connectivity index (χ2v) is 9.06. The van der Waals surface area contributed by atoms with Crippen molar-refractivity contribution >= 4 is 27.5 Å². The molecule has 0 aromatic heterocycles. The van der Waals surface area contributed by atoms with Gasteiger partial charge in [0.15, 0.2) is 11.5 Å². The molecule has 1 N–H and O–H groups in total. The Kier molecular flexibility index (Phi) is 7.37. The van der Waals surface area contributed by atoms with Gasteiger partial charge in [-0.05, 0) is 36.4 Å². The Morgan fingerprint density at radius 1 is 1.13 bits per heavy atom. The van der Waals surface area contributed by atoms with E-state index in [4.69, 9.17) is 26.2 Å². The van der Waals surface area contributed by atoms with Gasteiger partial charge in [0.25, 0.3) is 5.91 Å². The largest absolute Gasteiger partial charge is 0.493 e. The van der Waals surface area contributed by atoms with Gasteiger partial charge in [-0.1, -0.05) is 11.6 Å². The summed E-state index contributed by atoms with van der Waals surface area (Å²) in [4.78, 5) is 14.3. The Labute approximate surface area is 184 Å². The second kappa shape index (κ2) is 9.82. The van der Waals surface area contributed by atoms with Gasteiger partial charge in [0.2, 0.25) is 10.0 Å². The molecule has 2 aromatic rings. The molecule has 1 heterocycles. The first-order valence-corrected chi connectivity index (χ1v) is 11.3. The summed E-state index contributed by atoms with van der Waals surface area (Å²) in [7, 11) is -2.39. The average molecular weight is 473 g/mol. The van der Waals surface area contributed by atoms with Crippen LogP contribution < -0.4 is 9.47 Å². The molecule has 0 spiro atoms. The summed E-state index contributed by atoms with van der Waals surface area (Å²) in [5.74, 6) is -0.216. The molecule has 0 saturated carbocycles. The number of hydrogen-bond acceptors (Lipinski definition) is 6. The molecule has 0 aliphatic carbocycles. The van der Waals surface area contributed by atoms with Crippen LogP contribution in [0.5, 0.6) is 11.5 Å². The minimum Gasteiger partial charge on any atom is -0.493 e. The first kappa shape index (κ1) is 23.3. The van der Waals surface area contributed by atoms with Crippen LogP contribution in [0, 0.1) is 5.82 Å². The number of carbonyl (C=O) groups excluding carboxylic acids is 1. The summed E-state index contributed by atoms with van der Waals surface area (Å²) in [6.45, 7) is 0.423. The van der Waals surface area contributed by atoms with Gasteiger partial charge < -0.3 is 19.5 Å². The molecule has 31 heavy (non-hydrogen) atoms. The van der Waals surface area contributed by atoms with E-state index in [0.717, 1.165) is 12.1 Å². The Hall–Kier alpha value is -2.40. The molecule has 8 nitrogen and oxygen atoms in total. The maximum atomic E-state index is 13.4. The highest BCUT2D eigenvalue weighted by Crippen LogP contribution is 2.29. The topological polar surface area (TPSA) is 96.4 Å². The van der Waals surface area contributed by atoms with Gasteiger partial charge in [-0.15, -0.1) is 0 Å². The second-order valence-electron chi connectivity index (χ2n) is 6.71. The summed E-state index contributed by atoms with van der Waals surface area (Å²) >= 11 is 5.71. The molecule has 0 bridgehead atoms. The van der Waals surface area contributed by atoms with Crippen molar-refractivity contribution in [1.29, 1.82) is 0 Å². The number of sulfonamides is 1. The van der Waals surface area contributed by atoms with Crippen LogP contribution >= 0.6 is 11.6 Å². The van der Waals surface area contributed by atoms with E-state index in [1.807, 2.05) is 0 Å². The van der Waals surface area contributed by atoms with Crippen molar-refractivity contribution in [3.8, 4) is 11.5 Å². The van der Waals surface area contributed by atoms with Gasteiger partial charge in [0.1, 0.15) is 12.4 Å². The molecule has 1 saturated heterocycles. The summed E-state index contributed by atoms with van der Waals surface area (Å²) in [5, 5.41) is 8.68. The van der Waals surface area contributed by atoms with E-state index in [1.54, 1.807) is 17.0 Å². The van der Waals surface area contributed by atoms with E-state index in [0.29, 0.717) is 17.1 Å². The fourth-order valence-electron chi connectivity index (χ4n) is 3.18. The molecule has 168 valence electrons. The van der Waals surface area contributed by atoms with Gasteiger partial charge in [-0.2, -0.15) is 4.31 Å². The highest BCUT2D eigenvalue weighted by Gasteiger charge is 2.31. The quantitative estimate of drug-likeness (QED) is 0.662. The number of aliphatic hydroxyl groups is 1. The summed E-state index contributed by atoms with van der Waals surface area (Å²) in [6.07, 6.45) is 0. The standard InChI is InChI=1S/C20H22ClFN2O6S/c1-29-18-5-2-14(12-19(18)30-11-10-25)20(26)23-6-8-24(9-7-23)31(27,28)15-3-4-17(22)16(21)13-15/h2-5,12-13,25H,6-11H2,1H3. The van der Waals surface area contributed by atoms with E-state index in [9.17, 15) is 17.6 Å². The molecule has 2 aromatic carbocycles. The number of carbonyl (C=O) groups is 1. The van der Waals surface area contributed by atoms with Crippen molar-refractivity contribution < 1.29 is 32.2 Å². The summed E-state index contributed by atoms with van der Waals surface area (Å²) in [5.41, 5.74) is 0.357. The van der Waals surface area contributed by atoms with Crippen molar-refractivity contribution in [2.24, 2.45) is 0 Å². The van der Waals surface area contributed by atoms with Crippen LogP contribution in [0.3, 0.4) is 0 Å². The third-order valence-corrected chi connectivity index (χ3v) is 7.00. The molecule has 0 atom stereocenters. The van der Waals surface area contributed by atoms with E-state index < -0.39 is 15.8 Å². The minimum absolute atomic E-state index is 0.0535. The van der Waals surface area contributed by atoms with E-state index in [2.05, 4.69) is 0 Å². The smallest absolute Gasteiger partial charge is 0.254 e. The van der Waals surface area contributed by atoms with Crippen LogP contribution in [0.4, 0.5) is 4.39 Å². The maximum absolute atomic E-state index is 13.4. The number of nitrogens with zero attached hydrogens (tertiary/aromatic N) is 2. The van der Waals surface area contributed by atoms with Crippen LogP contribution in [0.1, 0.15) is 10.4 Å². The van der Waals surface area contributed by atoms with E-state index in [1.165, 1.54) is 23.5 Å². The zero-order chi connectivity index (χ0) is 22.6. The van der Waals surface area contributed by atoms with E-state index in [-0.39, 0.29) is 55.2 Å². The first-order chi connectivity index (χ1) is 14.8. The molecule has 3 rings (SSSR count). The Bertz CT molecular complexity index is 1060. The zero-order valence-corrected chi connectivity index (χ0v) is 18.3. The summed E-state index contributed by atoms with van der Waals surface area (Å²) in [6, 6.07) is 7.97. The van der Waals surface area contributed by atoms with Gasteiger partial charge in [-0.3, -0.25) is 4.79 Å². The minimum atomic E-state index is -3.86. The fraction of sp³-hybridized carbons (Fsp3) is 0.350. The third kappa shape index (κ3) is 5.09. The van der Waals surface area contributed by atoms with Crippen molar-refractivity contribution in [2.45, 2.75) is 4.90 Å². The molecule has 1 fully saturated rings. The zero-order valence-electron chi connectivity index (χ0n) is 16.8. The lowest BCUT2D eigenvalue weighted by molar-refractivity contribution is 0.0697. The number of rotatable bonds is 7. The highest BCUT2D eigenvalue weighted by atomic mass is 35.5. The Morgan fingerprint density at radius 2 is 1.84 bits per heavy atom. The highest BCUT2D eigenvalue weighted by molar-refractivity contribution is 7.89. The molecular weight excluding hydrogens is 451 g/mol. The number of amides is 1. The lowest BCUT2D eigenvalue weighted by Crippen LogP contribution is -2.50. The van der Waals surface area contributed by atoms with Crippen molar-refractivity contribution in [2.75, 3.05) is 46.5 Å². The predicted octanol–water partition coefficient (Wildman–Crippen LogP) is 2.01. The molecule has 1 amide bonds. The molecule has 1 aliphatic heterocycles. The number of ether oxygens (including phenoxy) is 2. The van der Waals surface area contributed by atoms with Gasteiger partial charge in [0, 0.05) is 31.7 Å². The lowest BCUT2D eigenvalue weighted by Gasteiger charge is -2.34. The van der Waals surface area contributed by atoms with Crippen molar-refractivity contribution in [1.82, 2.24) is 9.21 Å². The van der Waals surface area contributed by atoms with Crippen molar-refractivity contribution in [3.05, 3.63) is 52.8 Å². The SMILES string of the molecule is COc1ccc(C(=O)N2CCN(S(=O)(=O)c3ccc(F)c(Cl)c3)CC2)cc1OCCO. The lowest BCUT2D eigenvalue weighted by atomic mass is 10.1. The normalized spacial score (nSPS) is 15.0. The van der Waals surface area contributed by atoms with Crippen LogP contribution in [0.25, 0.3) is 0 Å². The van der Waals surface area contributed by atoms with Crippen LogP contribution in [-0.2, 0) is 10.0 Å². The molecule has 0 radical (unpaired) electrons. The van der Waals surface area contributed by atoms with Crippen molar-refractivity contribution in [3.63, 3.8) is 0 Å². The molecular formula is C20H22ClFN2O6S. The van der Waals surface area contributed by atoms with Crippen LogP contribution in [0.15, 0.2) is 41.3 Å². The van der Waals surface area contributed by atoms with E-state index >= 15 is 0 Å². The van der Waals surface area contributed by atoms with Crippen LogP contribution in [0.2, 0.25) is 5.02 Å². The first-order valence-electron chi connectivity index (χ1n) is 9.44. The number of methoxy groups -OCH3 is 1. The molecule has 11 heteroatoms. The monoisotopic (exact) mass is 472 g/mol. The molecule has 1 aliphatic rings. The number of aliphatic hydroxyl groups excluding tert-OH is 1. The molecule has 0 unspecified atom stereocenters. The maximum Gasteiger partial charge on any atom is 0.254 e. The predicted molar refractivity (Wildman–Crippen MR) is 112 cm³/mol.